The Morgan fingerprint density at radius 1 is 1.08 bits per heavy atom. The summed E-state index contributed by atoms with van der Waals surface area (Å²) >= 11 is 1.13. The van der Waals surface area contributed by atoms with Gasteiger partial charge in [0, 0.05) is 19.0 Å². The number of carbonyl (C=O) groups is 3. The molecule has 5 rings (SSSR count). The van der Waals surface area contributed by atoms with Crippen LogP contribution in [0.3, 0.4) is 0 Å². The Kier molecular flexibility index (Phi) is 7.05. The molecule has 1 aromatic heterocycles. The van der Waals surface area contributed by atoms with Crippen LogP contribution in [0.15, 0.2) is 69.6 Å². The average Bonchev–Trinajstić information content (AvgIpc) is 3.38. The Morgan fingerprint density at radius 3 is 2.46 bits per heavy atom. The molecule has 0 radical (unpaired) electrons. The second-order valence-corrected chi connectivity index (χ2v) is 10.2. The lowest BCUT2D eigenvalue weighted by molar-refractivity contribution is -0.136. The summed E-state index contributed by atoms with van der Waals surface area (Å²) < 4.78 is 11.9. The van der Waals surface area contributed by atoms with Gasteiger partial charge < -0.3 is 14.4 Å². The van der Waals surface area contributed by atoms with Gasteiger partial charge in [0.15, 0.2) is 4.80 Å². The minimum atomic E-state index is -0.850. The molecule has 1 amide bonds. The van der Waals surface area contributed by atoms with Crippen molar-refractivity contribution < 1.29 is 23.9 Å². The molecule has 2 aliphatic heterocycles. The minimum Gasteiger partial charge on any atom is -0.466 e. The second-order valence-electron chi connectivity index (χ2n) is 9.26. The molecule has 200 valence electrons. The van der Waals surface area contributed by atoms with Crippen molar-refractivity contribution in [3.63, 3.8) is 0 Å². The molecule has 9 nitrogen and oxygen atoms in total. The number of aromatic nitrogens is 1. The van der Waals surface area contributed by atoms with E-state index in [9.17, 15) is 19.2 Å². The van der Waals surface area contributed by atoms with Crippen LogP contribution in [-0.4, -0.2) is 36.1 Å². The molecule has 3 aromatic rings. The van der Waals surface area contributed by atoms with Gasteiger partial charge in [0.05, 0.1) is 35.7 Å². The fourth-order valence-electron chi connectivity index (χ4n) is 4.98. The van der Waals surface area contributed by atoms with Gasteiger partial charge in [-0.3, -0.25) is 19.0 Å². The van der Waals surface area contributed by atoms with Crippen LogP contribution in [0.1, 0.15) is 50.8 Å². The van der Waals surface area contributed by atoms with E-state index in [4.69, 9.17) is 9.47 Å². The molecular weight excluding hydrogens is 518 g/mol. The average molecular weight is 546 g/mol. The van der Waals surface area contributed by atoms with Crippen LogP contribution in [0, 0.1) is 0 Å². The van der Waals surface area contributed by atoms with E-state index in [1.807, 2.05) is 24.3 Å². The number of thiazole rings is 1. The number of fused-ring (bicyclic) bond motifs is 2. The number of benzene rings is 2. The molecule has 2 aliphatic rings. The van der Waals surface area contributed by atoms with E-state index in [1.165, 1.54) is 18.6 Å². The zero-order valence-corrected chi connectivity index (χ0v) is 22.8. The summed E-state index contributed by atoms with van der Waals surface area (Å²) in [5, 5.41) is 0. The number of nitrogens with zero attached hydrogens (tertiary/aromatic N) is 3. The highest BCUT2D eigenvalue weighted by molar-refractivity contribution is 7.07. The quantitative estimate of drug-likeness (QED) is 0.348. The number of unbranched alkanes of at least 4 members (excludes halogenated alkanes) is 1. The van der Waals surface area contributed by atoms with Crippen LogP contribution in [0.2, 0.25) is 0 Å². The highest BCUT2D eigenvalue weighted by Crippen LogP contribution is 2.36. The topological polar surface area (TPSA) is 107 Å². The van der Waals surface area contributed by atoms with Gasteiger partial charge in [-0.1, -0.05) is 55.0 Å². The predicted octanol–water partition coefficient (Wildman–Crippen LogP) is 2.85. The van der Waals surface area contributed by atoms with Crippen LogP contribution in [0.5, 0.6) is 5.75 Å². The van der Waals surface area contributed by atoms with Gasteiger partial charge >= 0.3 is 11.9 Å². The first kappa shape index (κ1) is 26.3. The second kappa shape index (κ2) is 10.5. The maximum Gasteiger partial charge on any atom is 0.338 e. The summed E-state index contributed by atoms with van der Waals surface area (Å²) in [6.07, 6.45) is 1.76. The van der Waals surface area contributed by atoms with Crippen molar-refractivity contribution >= 4 is 40.4 Å². The number of methoxy groups -OCH3 is 1. The van der Waals surface area contributed by atoms with Gasteiger partial charge in [-0.25, -0.2) is 9.79 Å². The minimum absolute atomic E-state index is 0.212. The molecule has 1 atom stereocenters. The normalized spacial score (nSPS) is 17.5. The van der Waals surface area contributed by atoms with Gasteiger partial charge in [0.25, 0.3) is 11.5 Å². The summed E-state index contributed by atoms with van der Waals surface area (Å²) in [4.78, 5) is 58.8. The third kappa shape index (κ3) is 4.50. The zero-order chi connectivity index (χ0) is 27.8. The molecule has 1 unspecified atom stereocenters. The number of hydrogen-bond donors (Lipinski definition) is 0. The third-order valence-corrected chi connectivity index (χ3v) is 7.80. The monoisotopic (exact) mass is 545 g/mol. The molecule has 0 saturated carbocycles. The third-order valence-electron chi connectivity index (χ3n) is 6.75. The van der Waals surface area contributed by atoms with Gasteiger partial charge in [0.2, 0.25) is 0 Å². The Balaban J connectivity index is 1.75. The predicted molar refractivity (Wildman–Crippen MR) is 146 cm³/mol. The van der Waals surface area contributed by atoms with Gasteiger partial charge in [-0.15, -0.1) is 0 Å². The van der Waals surface area contributed by atoms with E-state index < -0.39 is 23.5 Å². The molecule has 39 heavy (non-hydrogen) atoms. The SMILES string of the molecule is CCCCN1C(=O)C(=c2sc3n(c2=O)C(c2ccc(OC(C)=O)cc2)C(C(=O)OC)=C(C)N=3)c2ccccc21. The van der Waals surface area contributed by atoms with Crippen molar-refractivity contribution in [3.05, 3.63) is 90.6 Å². The number of amides is 1. The van der Waals surface area contributed by atoms with Crippen molar-refractivity contribution in [2.75, 3.05) is 18.6 Å². The number of para-hydroxylation sites is 1. The number of carbonyl (C=O) groups excluding carboxylic acids is 3. The fourth-order valence-corrected chi connectivity index (χ4v) is 6.12. The maximum atomic E-state index is 14.1. The summed E-state index contributed by atoms with van der Waals surface area (Å²) in [7, 11) is 1.27. The summed E-state index contributed by atoms with van der Waals surface area (Å²) in [5.74, 6) is -0.961. The first-order chi connectivity index (χ1) is 18.8. The van der Waals surface area contributed by atoms with Gasteiger partial charge in [-0.2, -0.15) is 0 Å². The van der Waals surface area contributed by atoms with Crippen LogP contribution < -0.4 is 24.5 Å². The van der Waals surface area contributed by atoms with Crippen molar-refractivity contribution in [2.24, 2.45) is 4.99 Å². The lowest BCUT2D eigenvalue weighted by Gasteiger charge is -2.24. The van der Waals surface area contributed by atoms with Crippen LogP contribution in [0.25, 0.3) is 5.57 Å². The number of hydrogen-bond acceptors (Lipinski definition) is 8. The molecule has 0 N–H and O–H groups in total. The fraction of sp³-hybridized carbons (Fsp3) is 0.276. The Labute approximate surface area is 228 Å². The van der Waals surface area contributed by atoms with Crippen molar-refractivity contribution in [2.45, 2.75) is 39.7 Å². The highest BCUT2D eigenvalue weighted by atomic mass is 32.1. The molecule has 2 aromatic carbocycles. The number of ether oxygens (including phenoxy) is 2. The van der Waals surface area contributed by atoms with Gasteiger partial charge in [-0.05, 0) is 37.1 Å². The standard InChI is InChI=1S/C29H27N3O6S/c1-5-6-15-31-21-10-8-7-9-20(21)23(26(31)34)25-27(35)32-24(18-11-13-19(14-12-18)38-17(3)33)22(28(36)37-4)16(2)30-29(32)39-25/h7-14,24H,5-6,15H2,1-4H3. The van der Waals surface area contributed by atoms with Crippen LogP contribution >= 0.6 is 11.3 Å². The molecule has 0 fully saturated rings. The molecule has 0 spiro atoms. The molecule has 0 saturated heterocycles. The van der Waals surface area contributed by atoms with E-state index >= 15 is 0 Å². The highest BCUT2D eigenvalue weighted by Gasteiger charge is 2.37. The zero-order valence-electron chi connectivity index (χ0n) is 22.0. The summed E-state index contributed by atoms with van der Waals surface area (Å²) in [6.45, 7) is 5.61. The van der Waals surface area contributed by atoms with E-state index in [2.05, 4.69) is 11.9 Å². The number of esters is 2. The summed E-state index contributed by atoms with van der Waals surface area (Å²) in [5.41, 5.74) is 2.63. The molecule has 10 heteroatoms. The number of allylic oxidation sites excluding steroid dienone is 1. The Hall–Kier alpha value is -4.31. The van der Waals surface area contributed by atoms with Crippen molar-refractivity contribution in [3.8, 4) is 5.75 Å². The number of rotatable bonds is 6. The van der Waals surface area contributed by atoms with Crippen LogP contribution in [-0.2, 0) is 19.1 Å². The van der Waals surface area contributed by atoms with Crippen molar-refractivity contribution in [1.29, 1.82) is 0 Å². The molecule has 0 aliphatic carbocycles. The lowest BCUT2D eigenvalue weighted by Crippen LogP contribution is -2.40. The van der Waals surface area contributed by atoms with E-state index in [1.54, 1.807) is 36.1 Å². The lowest BCUT2D eigenvalue weighted by atomic mass is 9.96. The maximum absolute atomic E-state index is 14.1. The largest absolute Gasteiger partial charge is 0.466 e. The van der Waals surface area contributed by atoms with Crippen molar-refractivity contribution in [1.82, 2.24) is 4.57 Å². The Morgan fingerprint density at radius 2 is 1.79 bits per heavy atom. The van der Waals surface area contributed by atoms with Gasteiger partial charge in [0.1, 0.15) is 10.3 Å². The number of anilines is 1. The summed E-state index contributed by atoms with van der Waals surface area (Å²) in [6, 6.07) is 13.2. The first-order valence-corrected chi connectivity index (χ1v) is 13.4. The Bertz CT molecular complexity index is 1710. The van der Waals surface area contributed by atoms with E-state index in [0.717, 1.165) is 29.9 Å². The molecule has 3 heterocycles. The molecule has 0 bridgehead atoms. The first-order valence-electron chi connectivity index (χ1n) is 12.6. The smallest absolute Gasteiger partial charge is 0.338 e. The van der Waals surface area contributed by atoms with E-state index in [-0.39, 0.29) is 16.0 Å². The molecular formula is C29H27N3O6S. The van der Waals surface area contributed by atoms with E-state index in [0.29, 0.717) is 39.5 Å². The van der Waals surface area contributed by atoms with Crippen LogP contribution in [0.4, 0.5) is 5.69 Å².